The van der Waals surface area contributed by atoms with E-state index in [2.05, 4.69) is 36.0 Å². The van der Waals surface area contributed by atoms with E-state index in [1.165, 1.54) is 0 Å². The number of aliphatic hydroxyl groups is 1. The highest BCUT2D eigenvalue weighted by Crippen LogP contribution is 2.55. The number of nitrogens with zero attached hydrogens (tertiary/aromatic N) is 3. The molecule has 5 aliphatic rings. The number of carbonyl (C=O) groups is 1. The van der Waals surface area contributed by atoms with Gasteiger partial charge < -0.3 is 20.1 Å². The van der Waals surface area contributed by atoms with Crippen molar-refractivity contribution in [2.24, 2.45) is 17.8 Å². The number of carbonyl (C=O) groups excluding carboxylic acids is 1. The van der Waals surface area contributed by atoms with Crippen LogP contribution in [-0.4, -0.2) is 58.9 Å². The first kappa shape index (κ1) is 20.2. The predicted octanol–water partition coefficient (Wildman–Crippen LogP) is 2.28. The number of amides is 1. The quantitative estimate of drug-likeness (QED) is 0.789. The highest BCUT2D eigenvalue weighted by atomic mass is 16.5. The van der Waals surface area contributed by atoms with Gasteiger partial charge in [0.15, 0.2) is 0 Å². The zero-order chi connectivity index (χ0) is 21.1. The van der Waals surface area contributed by atoms with Gasteiger partial charge >= 0.3 is 0 Å². The van der Waals surface area contributed by atoms with Gasteiger partial charge in [-0.05, 0) is 49.9 Å². The first-order chi connectivity index (χ1) is 14.2. The third-order valence-electron chi connectivity index (χ3n) is 7.56. The van der Waals surface area contributed by atoms with E-state index in [0.29, 0.717) is 42.5 Å². The van der Waals surface area contributed by atoms with Crippen LogP contribution in [0.25, 0.3) is 0 Å². The number of nitrogens with one attached hydrogen (secondary N) is 1. The molecular formula is C23H34N4O3. The third kappa shape index (κ3) is 3.60. The molecule has 7 heteroatoms. The van der Waals surface area contributed by atoms with Crippen LogP contribution in [0, 0.1) is 17.8 Å². The summed E-state index contributed by atoms with van der Waals surface area (Å²) in [4.78, 5) is 24.9. The highest BCUT2D eigenvalue weighted by Gasteiger charge is 2.55. The van der Waals surface area contributed by atoms with Crippen LogP contribution < -0.4 is 10.2 Å². The minimum absolute atomic E-state index is 0.0714. The van der Waals surface area contributed by atoms with Crippen LogP contribution in [0.3, 0.4) is 0 Å². The number of morpholine rings is 1. The van der Waals surface area contributed by atoms with Crippen molar-refractivity contribution in [3.05, 3.63) is 17.5 Å². The van der Waals surface area contributed by atoms with Crippen LogP contribution >= 0.6 is 0 Å². The van der Waals surface area contributed by atoms with Gasteiger partial charge in [0.05, 0.1) is 30.1 Å². The van der Waals surface area contributed by atoms with E-state index in [9.17, 15) is 9.90 Å². The van der Waals surface area contributed by atoms with Gasteiger partial charge in [-0.25, -0.2) is 9.97 Å². The van der Waals surface area contributed by atoms with E-state index in [1.54, 1.807) is 6.20 Å². The minimum atomic E-state index is -0.489. The largest absolute Gasteiger partial charge is 0.390 e. The summed E-state index contributed by atoms with van der Waals surface area (Å²) in [6.07, 6.45) is 6.56. The smallest absolute Gasteiger partial charge is 0.254 e. The van der Waals surface area contributed by atoms with Gasteiger partial charge in [0.2, 0.25) is 5.95 Å². The fourth-order valence-corrected chi connectivity index (χ4v) is 6.47. The number of aromatic nitrogens is 2. The molecule has 2 heterocycles. The third-order valence-corrected chi connectivity index (χ3v) is 7.56. The van der Waals surface area contributed by atoms with E-state index in [-0.39, 0.29) is 17.4 Å². The number of rotatable bonds is 3. The van der Waals surface area contributed by atoms with Gasteiger partial charge in [-0.1, -0.05) is 20.8 Å². The lowest BCUT2D eigenvalue weighted by Gasteiger charge is -2.58. The second-order valence-electron chi connectivity index (χ2n) is 11.0. The van der Waals surface area contributed by atoms with E-state index in [1.807, 2.05) is 0 Å². The second-order valence-corrected chi connectivity index (χ2v) is 11.0. The monoisotopic (exact) mass is 414 g/mol. The van der Waals surface area contributed by atoms with Crippen LogP contribution in [0.4, 0.5) is 5.95 Å². The number of hydrogen-bond donors (Lipinski definition) is 2. The maximum atomic E-state index is 13.4. The normalized spacial score (nSPS) is 35.5. The summed E-state index contributed by atoms with van der Waals surface area (Å²) >= 11 is 0. The Kier molecular flexibility index (Phi) is 4.82. The first-order valence-corrected chi connectivity index (χ1v) is 11.5. The molecule has 4 bridgehead atoms. The summed E-state index contributed by atoms with van der Waals surface area (Å²) in [5.41, 5.74) is 0.610. The Morgan fingerprint density at radius 3 is 2.47 bits per heavy atom. The van der Waals surface area contributed by atoms with E-state index in [0.717, 1.165) is 50.9 Å². The Morgan fingerprint density at radius 2 is 1.87 bits per heavy atom. The molecule has 0 spiro atoms. The summed E-state index contributed by atoms with van der Waals surface area (Å²) in [5.74, 6) is 2.00. The van der Waals surface area contributed by atoms with Crippen LogP contribution in [0.1, 0.15) is 68.9 Å². The second kappa shape index (κ2) is 7.16. The average molecular weight is 415 g/mol. The van der Waals surface area contributed by atoms with Crippen LogP contribution in [-0.2, 0) is 10.2 Å². The van der Waals surface area contributed by atoms with Crippen molar-refractivity contribution in [2.75, 3.05) is 31.2 Å². The van der Waals surface area contributed by atoms with Crippen LogP contribution in [0.2, 0.25) is 0 Å². The lowest BCUT2D eigenvalue weighted by atomic mass is 9.52. The minimum Gasteiger partial charge on any atom is -0.390 e. The molecule has 164 valence electrons. The molecule has 1 aromatic rings. The molecule has 6 rings (SSSR count). The van der Waals surface area contributed by atoms with Gasteiger partial charge in [-0.15, -0.1) is 0 Å². The number of hydrogen-bond acceptors (Lipinski definition) is 6. The predicted molar refractivity (Wildman–Crippen MR) is 114 cm³/mol. The summed E-state index contributed by atoms with van der Waals surface area (Å²) in [6, 6.07) is 0.154. The molecule has 2 atom stereocenters. The molecule has 1 amide bonds. The van der Waals surface area contributed by atoms with Gasteiger partial charge in [0.1, 0.15) is 0 Å². The molecule has 1 saturated heterocycles. The maximum Gasteiger partial charge on any atom is 0.254 e. The Hall–Kier alpha value is -1.73. The topological polar surface area (TPSA) is 87.6 Å². The van der Waals surface area contributed by atoms with Crippen molar-refractivity contribution in [1.82, 2.24) is 15.3 Å². The molecular weight excluding hydrogens is 380 g/mol. The zero-order valence-corrected chi connectivity index (χ0v) is 18.4. The summed E-state index contributed by atoms with van der Waals surface area (Å²) in [5, 5.41) is 14.2. The molecule has 1 aliphatic heterocycles. The number of ether oxygens (including phenoxy) is 1. The fraction of sp³-hybridized carbons (Fsp3) is 0.783. The lowest BCUT2D eigenvalue weighted by Crippen LogP contribution is -2.61. The Labute approximate surface area is 178 Å². The molecule has 4 saturated carbocycles. The van der Waals surface area contributed by atoms with Gasteiger partial charge in [0.25, 0.3) is 5.91 Å². The van der Waals surface area contributed by atoms with Crippen molar-refractivity contribution in [2.45, 2.75) is 69.9 Å². The number of anilines is 1. The maximum absolute atomic E-state index is 13.4. The first-order valence-electron chi connectivity index (χ1n) is 11.5. The van der Waals surface area contributed by atoms with Crippen molar-refractivity contribution in [3.63, 3.8) is 0 Å². The van der Waals surface area contributed by atoms with Gasteiger partial charge in [0, 0.05) is 30.7 Å². The fourth-order valence-electron chi connectivity index (χ4n) is 6.47. The molecule has 5 fully saturated rings. The molecule has 1 aromatic heterocycles. The average Bonchev–Trinajstić information content (AvgIpc) is 2.69. The molecule has 2 N–H and O–H groups in total. The Morgan fingerprint density at radius 1 is 1.20 bits per heavy atom. The van der Waals surface area contributed by atoms with Crippen molar-refractivity contribution in [3.8, 4) is 0 Å². The molecule has 0 aromatic carbocycles. The molecule has 2 unspecified atom stereocenters. The van der Waals surface area contributed by atoms with Crippen molar-refractivity contribution in [1.29, 1.82) is 0 Å². The van der Waals surface area contributed by atoms with E-state index in [4.69, 9.17) is 9.72 Å². The highest BCUT2D eigenvalue weighted by molar-refractivity contribution is 5.95. The SMILES string of the molecule is CC(C)(C)c1nc(N2CCOCC2)ncc1C(=O)N[C@H]1C2CC3CC1C[C@@](O)(C3)C2. The van der Waals surface area contributed by atoms with Crippen molar-refractivity contribution >= 4 is 11.9 Å². The van der Waals surface area contributed by atoms with Crippen molar-refractivity contribution < 1.29 is 14.6 Å². The Bertz CT molecular complexity index is 814. The van der Waals surface area contributed by atoms with Crippen LogP contribution in [0.15, 0.2) is 6.20 Å². The summed E-state index contributed by atoms with van der Waals surface area (Å²) < 4.78 is 5.44. The molecule has 30 heavy (non-hydrogen) atoms. The molecule has 7 nitrogen and oxygen atoms in total. The van der Waals surface area contributed by atoms with Gasteiger partial charge in [-0.3, -0.25) is 4.79 Å². The summed E-state index contributed by atoms with van der Waals surface area (Å²) in [7, 11) is 0. The van der Waals surface area contributed by atoms with Crippen LogP contribution in [0.5, 0.6) is 0 Å². The Balaban J connectivity index is 1.38. The van der Waals surface area contributed by atoms with E-state index < -0.39 is 5.60 Å². The summed E-state index contributed by atoms with van der Waals surface area (Å²) in [6.45, 7) is 9.16. The lowest BCUT2D eigenvalue weighted by molar-refractivity contribution is -0.136. The molecule has 4 aliphatic carbocycles. The van der Waals surface area contributed by atoms with E-state index >= 15 is 0 Å². The van der Waals surface area contributed by atoms with Gasteiger partial charge in [-0.2, -0.15) is 0 Å². The molecule has 0 radical (unpaired) electrons. The zero-order valence-electron chi connectivity index (χ0n) is 18.4. The standard InChI is InChI=1S/C23H34N4O3/c1-22(2,3)19-17(13-24-21(26-19)27-4-6-30-7-5-27)20(28)25-18-15-8-14-9-16(18)12-23(29,10-14)11-15/h13-16,18,29H,4-12H2,1-3H3,(H,25,28)/t14?,15?,16?,18-,23+.